The summed E-state index contributed by atoms with van der Waals surface area (Å²) in [6.07, 6.45) is 2.61. The summed E-state index contributed by atoms with van der Waals surface area (Å²) in [7, 11) is 0. The standard InChI is InChI=1S/C16H25NO3S/c1-9(2)11(18)8-13(19)17-14(21)20-12-7-10-5-6-16(12,17)15(10,3)4/h9-12,18H,5-8H2,1-4H3/t10-,11+,12-,16-/m1/s1. The van der Waals surface area contributed by atoms with Crippen LogP contribution in [-0.4, -0.2) is 38.8 Å². The Kier molecular flexibility index (Phi) is 3.38. The van der Waals surface area contributed by atoms with E-state index in [-0.39, 0.29) is 35.3 Å². The highest BCUT2D eigenvalue weighted by Crippen LogP contribution is 2.65. The highest BCUT2D eigenvalue weighted by Gasteiger charge is 2.72. The van der Waals surface area contributed by atoms with Crippen LogP contribution in [0.1, 0.15) is 53.4 Å². The summed E-state index contributed by atoms with van der Waals surface area (Å²) in [6.45, 7) is 8.31. The van der Waals surface area contributed by atoms with Crippen molar-refractivity contribution in [1.29, 1.82) is 0 Å². The first kappa shape index (κ1) is 15.2. The zero-order valence-corrected chi connectivity index (χ0v) is 14.1. The van der Waals surface area contributed by atoms with Crippen molar-refractivity contribution in [2.75, 3.05) is 0 Å². The molecule has 21 heavy (non-hydrogen) atoms. The lowest BCUT2D eigenvalue weighted by Gasteiger charge is -2.42. The molecule has 1 spiro atoms. The third kappa shape index (κ3) is 1.83. The second kappa shape index (κ2) is 4.66. The maximum absolute atomic E-state index is 12.8. The average molecular weight is 311 g/mol. The van der Waals surface area contributed by atoms with E-state index >= 15 is 0 Å². The molecule has 0 aromatic carbocycles. The van der Waals surface area contributed by atoms with Gasteiger partial charge in [0.15, 0.2) is 0 Å². The van der Waals surface area contributed by atoms with Gasteiger partial charge in [-0.25, -0.2) is 0 Å². The van der Waals surface area contributed by atoms with Crippen LogP contribution in [0.2, 0.25) is 0 Å². The summed E-state index contributed by atoms with van der Waals surface area (Å²) < 4.78 is 5.88. The highest BCUT2D eigenvalue weighted by molar-refractivity contribution is 7.80. The number of carbonyl (C=O) groups excluding carboxylic acids is 1. The third-order valence-corrected chi connectivity index (χ3v) is 6.55. The van der Waals surface area contributed by atoms with Gasteiger partial charge in [-0.2, -0.15) is 0 Å². The zero-order chi connectivity index (χ0) is 15.6. The molecule has 2 saturated carbocycles. The van der Waals surface area contributed by atoms with Crippen LogP contribution in [0.25, 0.3) is 0 Å². The molecule has 1 saturated heterocycles. The Balaban J connectivity index is 1.91. The Morgan fingerprint density at radius 1 is 1.52 bits per heavy atom. The molecule has 0 aromatic heterocycles. The van der Waals surface area contributed by atoms with Crippen LogP contribution in [0.3, 0.4) is 0 Å². The molecule has 3 aliphatic rings. The molecule has 0 unspecified atom stereocenters. The van der Waals surface area contributed by atoms with Gasteiger partial charge < -0.3 is 9.84 Å². The topological polar surface area (TPSA) is 49.8 Å². The summed E-state index contributed by atoms with van der Waals surface area (Å²) in [4.78, 5) is 14.5. The average Bonchev–Trinajstić information content (AvgIpc) is 2.89. The van der Waals surface area contributed by atoms with Crippen molar-refractivity contribution >= 4 is 23.3 Å². The summed E-state index contributed by atoms with van der Waals surface area (Å²) in [5.41, 5.74) is -0.265. The van der Waals surface area contributed by atoms with Crippen molar-refractivity contribution in [1.82, 2.24) is 4.90 Å². The minimum Gasteiger partial charge on any atom is -0.465 e. The number of carbonyl (C=O) groups is 1. The molecule has 0 aromatic rings. The maximum atomic E-state index is 12.8. The minimum atomic E-state index is -0.627. The van der Waals surface area contributed by atoms with Crippen molar-refractivity contribution in [3.63, 3.8) is 0 Å². The van der Waals surface area contributed by atoms with Gasteiger partial charge in [0.2, 0.25) is 5.91 Å². The van der Waals surface area contributed by atoms with Crippen molar-refractivity contribution in [3.05, 3.63) is 0 Å². The van der Waals surface area contributed by atoms with Gasteiger partial charge in [0.1, 0.15) is 6.10 Å². The number of rotatable bonds is 3. The molecule has 118 valence electrons. The van der Waals surface area contributed by atoms with E-state index in [0.29, 0.717) is 11.1 Å². The molecule has 1 N–H and O–H groups in total. The maximum Gasteiger partial charge on any atom is 0.267 e. The fourth-order valence-electron chi connectivity index (χ4n) is 4.73. The highest BCUT2D eigenvalue weighted by atomic mass is 32.1. The first-order chi connectivity index (χ1) is 9.71. The molecule has 3 rings (SSSR count). The molecular formula is C16H25NO3S. The van der Waals surface area contributed by atoms with Crippen LogP contribution in [0, 0.1) is 17.3 Å². The van der Waals surface area contributed by atoms with Gasteiger partial charge in [0.25, 0.3) is 5.17 Å². The monoisotopic (exact) mass is 311 g/mol. The smallest absolute Gasteiger partial charge is 0.267 e. The molecule has 3 fully saturated rings. The summed E-state index contributed by atoms with van der Waals surface area (Å²) in [5, 5.41) is 10.4. The fraction of sp³-hybridized carbons (Fsp3) is 0.875. The molecule has 4 nitrogen and oxygen atoms in total. The quantitative estimate of drug-likeness (QED) is 0.814. The number of hydrogen-bond acceptors (Lipinski definition) is 4. The van der Waals surface area contributed by atoms with Crippen molar-refractivity contribution in [2.45, 2.75) is 71.1 Å². The molecule has 2 bridgehead atoms. The van der Waals surface area contributed by atoms with Gasteiger partial charge in [-0.05, 0) is 48.7 Å². The van der Waals surface area contributed by atoms with E-state index in [4.69, 9.17) is 17.0 Å². The molecule has 0 radical (unpaired) electrons. The predicted molar refractivity (Wildman–Crippen MR) is 83.6 cm³/mol. The molecular weight excluding hydrogens is 286 g/mol. The Labute approximate surface area is 131 Å². The van der Waals surface area contributed by atoms with E-state index in [1.54, 1.807) is 4.90 Å². The lowest BCUT2D eigenvalue weighted by molar-refractivity contribution is -0.136. The van der Waals surface area contributed by atoms with Gasteiger partial charge in [0, 0.05) is 0 Å². The molecule has 2 aliphatic carbocycles. The third-order valence-electron chi connectivity index (χ3n) is 6.27. The van der Waals surface area contributed by atoms with Crippen LogP contribution in [0.15, 0.2) is 0 Å². The van der Waals surface area contributed by atoms with E-state index in [1.165, 1.54) is 0 Å². The largest absolute Gasteiger partial charge is 0.465 e. The first-order valence-corrected chi connectivity index (χ1v) is 8.34. The summed E-state index contributed by atoms with van der Waals surface area (Å²) in [6, 6.07) is 0. The number of aliphatic hydroxyl groups excluding tert-OH is 1. The van der Waals surface area contributed by atoms with Crippen molar-refractivity contribution < 1.29 is 14.6 Å². The van der Waals surface area contributed by atoms with Gasteiger partial charge in [-0.1, -0.05) is 27.7 Å². The van der Waals surface area contributed by atoms with Crippen LogP contribution in [0.4, 0.5) is 0 Å². The molecule has 4 atom stereocenters. The number of nitrogens with zero attached hydrogens (tertiary/aromatic N) is 1. The minimum absolute atomic E-state index is 0.0245. The number of aliphatic hydroxyl groups is 1. The second-order valence-corrected chi connectivity index (χ2v) is 8.08. The van der Waals surface area contributed by atoms with E-state index in [0.717, 1.165) is 19.3 Å². The summed E-state index contributed by atoms with van der Waals surface area (Å²) >= 11 is 5.35. The van der Waals surface area contributed by atoms with E-state index < -0.39 is 6.10 Å². The normalized spacial score (nSPS) is 37.8. The van der Waals surface area contributed by atoms with Crippen LogP contribution in [-0.2, 0) is 9.53 Å². The first-order valence-electron chi connectivity index (χ1n) is 7.93. The van der Waals surface area contributed by atoms with Crippen molar-refractivity contribution in [2.24, 2.45) is 17.3 Å². The summed E-state index contributed by atoms with van der Waals surface area (Å²) in [5.74, 6) is 0.572. The Morgan fingerprint density at radius 2 is 2.19 bits per heavy atom. The zero-order valence-electron chi connectivity index (χ0n) is 13.3. The van der Waals surface area contributed by atoms with E-state index in [9.17, 15) is 9.90 Å². The Morgan fingerprint density at radius 3 is 2.76 bits per heavy atom. The second-order valence-electron chi connectivity index (χ2n) is 7.73. The molecule has 1 aliphatic heterocycles. The number of fused-ring (bicyclic) bond motifs is 1. The molecule has 1 amide bonds. The van der Waals surface area contributed by atoms with E-state index in [1.807, 2.05) is 13.8 Å². The number of ether oxygens (including phenoxy) is 1. The lowest BCUT2D eigenvalue weighted by Crippen LogP contribution is -2.57. The van der Waals surface area contributed by atoms with Crippen LogP contribution >= 0.6 is 12.2 Å². The lowest BCUT2D eigenvalue weighted by atomic mass is 9.74. The molecule has 5 heteroatoms. The van der Waals surface area contributed by atoms with Crippen molar-refractivity contribution in [3.8, 4) is 0 Å². The number of thiocarbonyl (C=S) groups is 1. The van der Waals surface area contributed by atoms with Gasteiger partial charge >= 0.3 is 0 Å². The Hall–Kier alpha value is -0.680. The van der Waals surface area contributed by atoms with E-state index in [2.05, 4.69) is 13.8 Å². The van der Waals surface area contributed by atoms with Crippen LogP contribution in [0.5, 0.6) is 0 Å². The van der Waals surface area contributed by atoms with Crippen LogP contribution < -0.4 is 0 Å². The predicted octanol–water partition coefficient (Wildman–Crippen LogP) is 2.48. The fourth-order valence-corrected chi connectivity index (χ4v) is 5.11. The Bertz CT molecular complexity index is 490. The number of hydrogen-bond donors (Lipinski definition) is 1. The van der Waals surface area contributed by atoms with Gasteiger partial charge in [0.05, 0.1) is 18.1 Å². The molecule has 1 heterocycles. The number of amides is 1. The SMILES string of the molecule is CC(C)[C@@H](O)CC(=O)N1C(=S)O[C@@H]2C[C@H]3CC[C@]21C3(C)C. The van der Waals surface area contributed by atoms with Gasteiger partial charge in [-0.15, -0.1) is 0 Å². The van der Waals surface area contributed by atoms with Gasteiger partial charge in [-0.3, -0.25) is 9.69 Å².